The Morgan fingerprint density at radius 1 is 0.857 bits per heavy atom. The molecule has 0 radical (unpaired) electrons. The highest BCUT2D eigenvalue weighted by molar-refractivity contribution is 5.63. The van der Waals surface area contributed by atoms with Crippen LogP contribution in [0.4, 0.5) is 11.6 Å². The van der Waals surface area contributed by atoms with Crippen LogP contribution < -0.4 is 14.8 Å². The van der Waals surface area contributed by atoms with Gasteiger partial charge in [0.25, 0.3) is 0 Å². The molecular formula is C28H30N4O3. The summed E-state index contributed by atoms with van der Waals surface area (Å²) < 4.78 is 11.1. The van der Waals surface area contributed by atoms with Crippen molar-refractivity contribution in [3.8, 4) is 22.6 Å². The third kappa shape index (κ3) is 7.02. The van der Waals surface area contributed by atoms with Crippen molar-refractivity contribution in [3.05, 3.63) is 96.8 Å². The van der Waals surface area contributed by atoms with Gasteiger partial charge in [-0.05, 0) is 54.6 Å². The van der Waals surface area contributed by atoms with Crippen LogP contribution in [0.15, 0.2) is 91.3 Å². The normalized spacial score (nSPS) is 11.8. The molecule has 2 N–H and O–H groups in total. The van der Waals surface area contributed by atoms with Gasteiger partial charge in [-0.2, -0.15) is 0 Å². The molecule has 1 atom stereocenters. The molecule has 1 heterocycles. The maximum absolute atomic E-state index is 10.3. The second-order valence-electron chi connectivity index (χ2n) is 8.21. The van der Waals surface area contributed by atoms with E-state index in [9.17, 15) is 5.11 Å². The van der Waals surface area contributed by atoms with Crippen molar-refractivity contribution < 1.29 is 14.6 Å². The molecule has 0 bridgehead atoms. The van der Waals surface area contributed by atoms with Gasteiger partial charge in [0.1, 0.15) is 18.1 Å². The van der Waals surface area contributed by atoms with Crippen LogP contribution in [0.2, 0.25) is 0 Å². The summed E-state index contributed by atoms with van der Waals surface area (Å²) in [6.07, 6.45) is 3.07. The first-order valence-corrected chi connectivity index (χ1v) is 11.5. The molecule has 180 valence electrons. The molecule has 0 spiro atoms. The molecule has 7 heteroatoms. The largest absolute Gasteiger partial charge is 0.497 e. The van der Waals surface area contributed by atoms with Crippen molar-refractivity contribution in [2.75, 3.05) is 39.2 Å². The molecule has 0 amide bonds. The zero-order valence-electron chi connectivity index (χ0n) is 20.0. The lowest BCUT2D eigenvalue weighted by Gasteiger charge is -2.21. The lowest BCUT2D eigenvalue weighted by atomic mass is 10.1. The van der Waals surface area contributed by atoms with Crippen molar-refractivity contribution in [2.45, 2.75) is 6.10 Å². The molecule has 0 saturated heterocycles. The number of hydrogen-bond donors (Lipinski definition) is 2. The van der Waals surface area contributed by atoms with E-state index in [0.29, 0.717) is 25.6 Å². The van der Waals surface area contributed by atoms with Crippen LogP contribution in [0.5, 0.6) is 11.5 Å². The Labute approximate surface area is 206 Å². The number of hydrogen-bond acceptors (Lipinski definition) is 7. The minimum Gasteiger partial charge on any atom is -0.497 e. The summed E-state index contributed by atoms with van der Waals surface area (Å²) in [5.74, 6) is 2.12. The summed E-state index contributed by atoms with van der Waals surface area (Å²) in [4.78, 5) is 10.9. The van der Waals surface area contributed by atoms with Gasteiger partial charge in [-0.1, -0.05) is 42.5 Å². The smallest absolute Gasteiger partial charge is 0.227 e. The van der Waals surface area contributed by atoms with E-state index >= 15 is 0 Å². The van der Waals surface area contributed by atoms with Gasteiger partial charge in [0.15, 0.2) is 0 Å². The highest BCUT2D eigenvalue weighted by atomic mass is 16.5. The number of aliphatic hydroxyl groups excluding tert-OH is 1. The molecular weight excluding hydrogens is 440 g/mol. The average molecular weight is 471 g/mol. The Hall–Kier alpha value is -3.94. The number of nitrogens with one attached hydrogen (secondary N) is 1. The fourth-order valence-electron chi connectivity index (χ4n) is 3.58. The summed E-state index contributed by atoms with van der Waals surface area (Å²) in [5.41, 5.74) is 3.75. The molecule has 3 aromatic carbocycles. The molecule has 0 aliphatic carbocycles. The summed E-state index contributed by atoms with van der Waals surface area (Å²) in [5, 5.41) is 13.6. The Balaban J connectivity index is 1.23. The molecule has 4 aromatic rings. The lowest BCUT2D eigenvalue weighted by molar-refractivity contribution is 0.118. The van der Waals surface area contributed by atoms with Crippen LogP contribution in [0.25, 0.3) is 11.1 Å². The van der Waals surface area contributed by atoms with Crippen molar-refractivity contribution in [1.29, 1.82) is 0 Å². The van der Waals surface area contributed by atoms with E-state index in [0.717, 1.165) is 33.9 Å². The summed E-state index contributed by atoms with van der Waals surface area (Å²) in [6.45, 7) is 1.78. The third-order valence-electron chi connectivity index (χ3n) is 5.60. The maximum Gasteiger partial charge on any atom is 0.227 e. The van der Waals surface area contributed by atoms with Crippen LogP contribution in [0.3, 0.4) is 0 Å². The zero-order valence-corrected chi connectivity index (χ0v) is 20.0. The van der Waals surface area contributed by atoms with Crippen LogP contribution in [0.1, 0.15) is 11.7 Å². The van der Waals surface area contributed by atoms with E-state index in [2.05, 4.69) is 20.2 Å². The number of anilines is 2. The van der Waals surface area contributed by atoms with Crippen molar-refractivity contribution >= 4 is 11.6 Å². The Kier molecular flexibility index (Phi) is 8.27. The first kappa shape index (κ1) is 24.2. The van der Waals surface area contributed by atoms with Gasteiger partial charge in [-0.3, -0.25) is 0 Å². The Morgan fingerprint density at radius 3 is 2.17 bits per heavy atom. The first-order chi connectivity index (χ1) is 17.1. The number of rotatable bonds is 11. The quantitative estimate of drug-likeness (QED) is 0.321. The first-order valence-electron chi connectivity index (χ1n) is 11.5. The van der Waals surface area contributed by atoms with Gasteiger partial charge in [0, 0.05) is 36.7 Å². The number of aliphatic hydroxyl groups is 1. The highest BCUT2D eigenvalue weighted by Gasteiger charge is 2.10. The molecule has 0 saturated carbocycles. The maximum atomic E-state index is 10.3. The second-order valence-corrected chi connectivity index (χ2v) is 8.21. The van der Waals surface area contributed by atoms with E-state index in [1.165, 1.54) is 0 Å². The predicted octanol–water partition coefficient (Wildman–Crippen LogP) is 4.94. The fraction of sp³-hybridized carbons (Fsp3) is 0.214. The molecule has 1 aromatic heterocycles. The summed E-state index contributed by atoms with van der Waals surface area (Å²) in [7, 11) is 3.62. The minimum absolute atomic E-state index is 0.515. The van der Waals surface area contributed by atoms with E-state index in [1.807, 2.05) is 85.9 Å². The van der Waals surface area contributed by atoms with E-state index < -0.39 is 6.10 Å². The van der Waals surface area contributed by atoms with Gasteiger partial charge < -0.3 is 24.8 Å². The molecule has 0 fully saturated rings. The molecule has 0 aliphatic heterocycles. The number of benzene rings is 3. The van der Waals surface area contributed by atoms with E-state index in [-0.39, 0.29) is 0 Å². The topological polar surface area (TPSA) is 79.7 Å². The third-order valence-corrected chi connectivity index (χ3v) is 5.60. The zero-order chi connectivity index (χ0) is 24.5. The number of nitrogens with zero attached hydrogens (tertiary/aromatic N) is 3. The Bertz CT molecular complexity index is 1170. The fourth-order valence-corrected chi connectivity index (χ4v) is 3.58. The average Bonchev–Trinajstić information content (AvgIpc) is 2.91. The SMILES string of the molecule is COc1ccc(-c2cnc(Nc3ccc(OCCN(C)CC(O)c4ccccc4)cc3)nc2)cc1. The molecule has 0 aliphatic rings. The van der Waals surface area contributed by atoms with Crippen LogP contribution in [-0.4, -0.2) is 53.8 Å². The van der Waals surface area contributed by atoms with Crippen molar-refractivity contribution in [2.24, 2.45) is 0 Å². The van der Waals surface area contributed by atoms with Crippen LogP contribution in [0, 0.1) is 0 Å². The number of likely N-dealkylation sites (N-methyl/N-ethyl adjacent to an activating group) is 1. The number of methoxy groups -OCH3 is 1. The summed E-state index contributed by atoms with van der Waals surface area (Å²) in [6, 6.07) is 25.1. The van der Waals surface area contributed by atoms with E-state index in [1.54, 1.807) is 19.5 Å². The molecule has 35 heavy (non-hydrogen) atoms. The number of ether oxygens (including phenoxy) is 2. The van der Waals surface area contributed by atoms with E-state index in [4.69, 9.17) is 9.47 Å². The predicted molar refractivity (Wildman–Crippen MR) is 138 cm³/mol. The molecule has 7 nitrogen and oxygen atoms in total. The van der Waals surface area contributed by atoms with Gasteiger partial charge in [-0.25, -0.2) is 9.97 Å². The van der Waals surface area contributed by atoms with Crippen LogP contribution in [-0.2, 0) is 0 Å². The Morgan fingerprint density at radius 2 is 1.51 bits per heavy atom. The second kappa shape index (κ2) is 12.0. The van der Waals surface area contributed by atoms with Gasteiger partial charge in [0.2, 0.25) is 5.95 Å². The van der Waals surface area contributed by atoms with Crippen LogP contribution >= 0.6 is 0 Å². The monoisotopic (exact) mass is 470 g/mol. The van der Waals surface area contributed by atoms with Gasteiger partial charge >= 0.3 is 0 Å². The van der Waals surface area contributed by atoms with Gasteiger partial charge in [0.05, 0.1) is 13.2 Å². The lowest BCUT2D eigenvalue weighted by Crippen LogP contribution is -2.28. The highest BCUT2D eigenvalue weighted by Crippen LogP contribution is 2.23. The molecule has 1 unspecified atom stereocenters. The van der Waals surface area contributed by atoms with Gasteiger partial charge in [-0.15, -0.1) is 0 Å². The minimum atomic E-state index is -0.515. The number of aromatic nitrogens is 2. The standard InChI is InChI=1S/C28H30N4O3/c1-32(20-27(33)22-6-4-3-5-7-22)16-17-35-26-14-10-24(11-15-26)31-28-29-18-23(19-30-28)21-8-12-25(34-2)13-9-21/h3-15,18-19,27,33H,16-17,20H2,1-2H3,(H,29,30,31). The van der Waals surface area contributed by atoms with Crippen molar-refractivity contribution in [1.82, 2.24) is 14.9 Å². The van der Waals surface area contributed by atoms with Crippen molar-refractivity contribution in [3.63, 3.8) is 0 Å². The summed E-state index contributed by atoms with van der Waals surface area (Å²) >= 11 is 0. The molecule has 4 rings (SSSR count).